The van der Waals surface area contributed by atoms with Crippen LogP contribution in [0.1, 0.15) is 10.4 Å². The number of halogens is 1. The fourth-order valence-corrected chi connectivity index (χ4v) is 0.964. The van der Waals surface area contributed by atoms with E-state index in [1.165, 1.54) is 23.1 Å². The van der Waals surface area contributed by atoms with Crippen LogP contribution >= 0.6 is 0 Å². The van der Waals surface area contributed by atoms with Crippen LogP contribution in [0.4, 0.5) is 10.1 Å². The lowest BCUT2D eigenvalue weighted by Gasteiger charge is -2.11. The van der Waals surface area contributed by atoms with E-state index in [2.05, 4.69) is 0 Å². The first kappa shape index (κ1) is 9.51. The van der Waals surface area contributed by atoms with Gasteiger partial charge in [0.05, 0.1) is 11.3 Å². The third kappa shape index (κ3) is 1.77. The van der Waals surface area contributed by atoms with E-state index < -0.39 is 5.82 Å². The van der Waals surface area contributed by atoms with E-state index in [0.29, 0.717) is 0 Å². The minimum Gasteiger partial charge on any atom is -0.396 e. The number of para-hydroxylation sites is 1. The van der Waals surface area contributed by atoms with Gasteiger partial charge in [0.25, 0.3) is 5.91 Å². The number of nitrogens with zero attached hydrogens (tertiary/aromatic N) is 1. The monoisotopic (exact) mass is 182 g/mol. The van der Waals surface area contributed by atoms with Gasteiger partial charge in [-0.2, -0.15) is 0 Å². The van der Waals surface area contributed by atoms with Crippen molar-refractivity contribution >= 4 is 11.6 Å². The number of anilines is 1. The normalized spacial score (nSPS) is 9.77. The second-order valence-corrected chi connectivity index (χ2v) is 2.90. The molecule has 0 unspecified atom stereocenters. The Labute approximate surface area is 76.0 Å². The molecule has 13 heavy (non-hydrogen) atoms. The average molecular weight is 182 g/mol. The zero-order valence-corrected chi connectivity index (χ0v) is 7.54. The molecule has 0 aromatic heterocycles. The summed E-state index contributed by atoms with van der Waals surface area (Å²) in [5.41, 5.74) is 5.50. The lowest BCUT2D eigenvalue weighted by molar-refractivity contribution is 0.0828. The maximum Gasteiger partial charge on any atom is 0.255 e. The quantitative estimate of drug-likeness (QED) is 0.661. The molecule has 4 heteroatoms. The molecule has 1 aromatic rings. The summed E-state index contributed by atoms with van der Waals surface area (Å²) in [6, 6.07) is 4.19. The summed E-state index contributed by atoms with van der Waals surface area (Å²) in [6.45, 7) is 0. The first-order chi connectivity index (χ1) is 6.04. The van der Waals surface area contributed by atoms with E-state index in [1.807, 2.05) is 0 Å². The Hall–Kier alpha value is -1.58. The molecule has 1 aromatic carbocycles. The second kappa shape index (κ2) is 3.43. The lowest BCUT2D eigenvalue weighted by Crippen LogP contribution is -2.23. The van der Waals surface area contributed by atoms with Gasteiger partial charge in [-0.05, 0) is 12.1 Å². The number of hydrogen-bond acceptors (Lipinski definition) is 2. The second-order valence-electron chi connectivity index (χ2n) is 2.90. The van der Waals surface area contributed by atoms with E-state index >= 15 is 0 Å². The highest BCUT2D eigenvalue weighted by Crippen LogP contribution is 2.16. The minimum atomic E-state index is -0.562. The predicted octanol–water partition coefficient (Wildman–Crippen LogP) is 1.11. The highest BCUT2D eigenvalue weighted by atomic mass is 19.1. The van der Waals surface area contributed by atoms with Gasteiger partial charge >= 0.3 is 0 Å². The molecule has 3 nitrogen and oxygen atoms in total. The number of benzene rings is 1. The van der Waals surface area contributed by atoms with Crippen LogP contribution in [-0.2, 0) is 0 Å². The molecule has 0 saturated heterocycles. The summed E-state index contributed by atoms with van der Waals surface area (Å²) in [5, 5.41) is 0. The molecule has 0 spiro atoms. The van der Waals surface area contributed by atoms with Gasteiger partial charge in [-0.25, -0.2) is 4.39 Å². The SMILES string of the molecule is CN(C)C(=O)c1cccc(F)c1N. The van der Waals surface area contributed by atoms with Crippen LogP contribution in [0.3, 0.4) is 0 Å². The van der Waals surface area contributed by atoms with Gasteiger partial charge in [0.2, 0.25) is 0 Å². The topological polar surface area (TPSA) is 46.3 Å². The Morgan fingerprint density at radius 3 is 2.62 bits per heavy atom. The van der Waals surface area contributed by atoms with Crippen molar-refractivity contribution < 1.29 is 9.18 Å². The molecule has 0 fully saturated rings. The summed E-state index contributed by atoms with van der Waals surface area (Å²) in [5.74, 6) is -0.857. The number of hydrogen-bond donors (Lipinski definition) is 1. The zero-order chi connectivity index (χ0) is 10.0. The summed E-state index contributed by atoms with van der Waals surface area (Å²) in [7, 11) is 3.18. The van der Waals surface area contributed by atoms with Gasteiger partial charge in [0.1, 0.15) is 5.82 Å². The Morgan fingerprint density at radius 2 is 2.08 bits per heavy atom. The zero-order valence-electron chi connectivity index (χ0n) is 7.54. The van der Waals surface area contributed by atoms with Crippen molar-refractivity contribution in [1.29, 1.82) is 0 Å². The van der Waals surface area contributed by atoms with Crippen molar-refractivity contribution in [3.8, 4) is 0 Å². The smallest absolute Gasteiger partial charge is 0.255 e. The van der Waals surface area contributed by atoms with Crippen LogP contribution in [0.5, 0.6) is 0 Å². The molecule has 0 aliphatic heterocycles. The Morgan fingerprint density at radius 1 is 1.46 bits per heavy atom. The number of rotatable bonds is 1. The average Bonchev–Trinajstić information content (AvgIpc) is 2.08. The van der Waals surface area contributed by atoms with Crippen LogP contribution in [0.15, 0.2) is 18.2 Å². The summed E-state index contributed by atoms with van der Waals surface area (Å²) in [4.78, 5) is 12.7. The third-order valence-electron chi connectivity index (χ3n) is 1.69. The summed E-state index contributed by atoms with van der Waals surface area (Å²) in [6.07, 6.45) is 0. The lowest BCUT2D eigenvalue weighted by atomic mass is 10.1. The molecule has 2 N–H and O–H groups in total. The van der Waals surface area contributed by atoms with Crippen molar-refractivity contribution in [1.82, 2.24) is 4.90 Å². The van der Waals surface area contributed by atoms with Crippen molar-refractivity contribution in [2.24, 2.45) is 0 Å². The van der Waals surface area contributed by atoms with Gasteiger partial charge in [0, 0.05) is 14.1 Å². The van der Waals surface area contributed by atoms with Crippen LogP contribution in [-0.4, -0.2) is 24.9 Å². The molecule has 0 bridgehead atoms. The van der Waals surface area contributed by atoms with Gasteiger partial charge in [-0.3, -0.25) is 4.79 Å². The van der Waals surface area contributed by atoms with Crippen LogP contribution < -0.4 is 5.73 Å². The Balaban J connectivity index is 3.15. The first-order valence-corrected chi connectivity index (χ1v) is 3.79. The Kier molecular flexibility index (Phi) is 2.51. The maximum absolute atomic E-state index is 12.9. The molecule has 0 radical (unpaired) electrons. The van der Waals surface area contributed by atoms with E-state index in [4.69, 9.17) is 5.73 Å². The first-order valence-electron chi connectivity index (χ1n) is 3.79. The maximum atomic E-state index is 12.9. The molecule has 1 rings (SSSR count). The fourth-order valence-electron chi connectivity index (χ4n) is 0.964. The molecule has 1 amide bonds. The van der Waals surface area contributed by atoms with Crippen molar-refractivity contribution in [2.45, 2.75) is 0 Å². The highest BCUT2D eigenvalue weighted by Gasteiger charge is 2.13. The number of nitrogen functional groups attached to an aromatic ring is 1. The summed E-state index contributed by atoms with van der Waals surface area (Å²) < 4.78 is 12.9. The molecule has 0 heterocycles. The standard InChI is InChI=1S/C9H11FN2O/c1-12(2)9(13)6-4-3-5-7(10)8(6)11/h3-5H,11H2,1-2H3. The van der Waals surface area contributed by atoms with Crippen LogP contribution in [0.25, 0.3) is 0 Å². The highest BCUT2D eigenvalue weighted by molar-refractivity contribution is 5.98. The van der Waals surface area contributed by atoms with Crippen molar-refractivity contribution in [2.75, 3.05) is 19.8 Å². The molecular formula is C9H11FN2O. The number of amides is 1. The molecule has 0 atom stereocenters. The Bertz CT molecular complexity index is 336. The summed E-state index contributed by atoms with van der Waals surface area (Å²) >= 11 is 0. The number of carbonyl (C=O) groups excluding carboxylic acids is 1. The predicted molar refractivity (Wildman–Crippen MR) is 48.8 cm³/mol. The molecule has 0 saturated carbocycles. The van der Waals surface area contributed by atoms with Gasteiger partial charge in [-0.15, -0.1) is 0 Å². The van der Waals surface area contributed by atoms with Crippen molar-refractivity contribution in [3.05, 3.63) is 29.6 Å². The van der Waals surface area contributed by atoms with E-state index in [-0.39, 0.29) is 17.2 Å². The number of carbonyl (C=O) groups is 1. The van der Waals surface area contributed by atoms with E-state index in [1.54, 1.807) is 14.1 Å². The molecule has 70 valence electrons. The van der Waals surface area contributed by atoms with Gasteiger partial charge in [-0.1, -0.05) is 6.07 Å². The molecular weight excluding hydrogens is 171 g/mol. The molecule has 0 aliphatic carbocycles. The van der Waals surface area contributed by atoms with Crippen molar-refractivity contribution in [3.63, 3.8) is 0 Å². The van der Waals surface area contributed by atoms with E-state index in [0.717, 1.165) is 0 Å². The third-order valence-corrected chi connectivity index (χ3v) is 1.69. The van der Waals surface area contributed by atoms with Crippen LogP contribution in [0, 0.1) is 5.82 Å². The molecule has 0 aliphatic rings. The largest absolute Gasteiger partial charge is 0.396 e. The van der Waals surface area contributed by atoms with Crippen LogP contribution in [0.2, 0.25) is 0 Å². The van der Waals surface area contributed by atoms with E-state index in [9.17, 15) is 9.18 Å². The van der Waals surface area contributed by atoms with Gasteiger partial charge < -0.3 is 10.6 Å². The minimum absolute atomic E-state index is 0.0961. The van der Waals surface area contributed by atoms with Gasteiger partial charge in [0.15, 0.2) is 0 Å². The fraction of sp³-hybridized carbons (Fsp3) is 0.222. The number of nitrogens with two attached hydrogens (primary N) is 1.